The smallest absolute Gasteiger partial charge is 0.343 e. The number of hydrogen-bond donors (Lipinski definition) is 0. The molecule has 0 fully saturated rings. The van der Waals surface area contributed by atoms with Gasteiger partial charge in [0.05, 0.1) is 11.4 Å². The number of aromatic nitrogens is 6. The zero-order chi connectivity index (χ0) is 17.8. The number of hydrogen-bond acceptors (Lipinski definition) is 6. The van der Waals surface area contributed by atoms with E-state index in [1.54, 1.807) is 11.6 Å². The van der Waals surface area contributed by atoms with E-state index < -0.39 is 5.97 Å². The number of tetrazole rings is 1. The molecule has 2 aromatic heterocycles. The Morgan fingerprint density at radius 1 is 1.28 bits per heavy atom. The second kappa shape index (κ2) is 7.43. The van der Waals surface area contributed by atoms with Gasteiger partial charge in [0.15, 0.2) is 12.4 Å². The topological polar surface area (TPSA) is 87.7 Å². The van der Waals surface area contributed by atoms with E-state index in [4.69, 9.17) is 16.3 Å². The zero-order valence-corrected chi connectivity index (χ0v) is 14.6. The van der Waals surface area contributed by atoms with Crippen LogP contribution in [0.25, 0.3) is 5.69 Å². The lowest BCUT2D eigenvalue weighted by molar-refractivity contribution is 0.0456. The van der Waals surface area contributed by atoms with Crippen LogP contribution >= 0.6 is 11.6 Å². The first-order valence-electron chi connectivity index (χ1n) is 7.84. The van der Waals surface area contributed by atoms with Crippen LogP contribution in [0.5, 0.6) is 0 Å². The minimum Gasteiger partial charge on any atom is -0.454 e. The monoisotopic (exact) mass is 360 g/mol. The standard InChI is InChI=1S/C16H17ClN6O2/c1-3-9-22-13(18-20-21-22)10-25-16(24)14-11(2)19-23(15(14)17)12-7-5-4-6-8-12/h4-8H,3,9-10H2,1-2H3. The highest BCUT2D eigenvalue weighted by Crippen LogP contribution is 2.24. The quantitative estimate of drug-likeness (QED) is 0.628. The van der Waals surface area contributed by atoms with Crippen molar-refractivity contribution in [3.8, 4) is 5.69 Å². The predicted molar refractivity (Wildman–Crippen MR) is 90.5 cm³/mol. The van der Waals surface area contributed by atoms with Gasteiger partial charge in [-0.05, 0) is 35.9 Å². The molecule has 9 heteroatoms. The summed E-state index contributed by atoms with van der Waals surface area (Å²) in [4.78, 5) is 12.5. The summed E-state index contributed by atoms with van der Waals surface area (Å²) in [5.74, 6) is -0.0739. The van der Waals surface area contributed by atoms with E-state index in [0.717, 1.165) is 12.1 Å². The molecule has 130 valence electrons. The molecule has 3 rings (SSSR count). The van der Waals surface area contributed by atoms with E-state index in [2.05, 4.69) is 20.6 Å². The Balaban J connectivity index is 1.79. The summed E-state index contributed by atoms with van der Waals surface area (Å²) in [6.07, 6.45) is 0.876. The first kappa shape index (κ1) is 17.1. The van der Waals surface area contributed by atoms with E-state index in [0.29, 0.717) is 18.1 Å². The van der Waals surface area contributed by atoms with E-state index in [-0.39, 0.29) is 17.3 Å². The third kappa shape index (κ3) is 3.53. The fourth-order valence-corrected chi connectivity index (χ4v) is 2.73. The van der Waals surface area contributed by atoms with Gasteiger partial charge in [-0.15, -0.1) is 5.10 Å². The van der Waals surface area contributed by atoms with Crippen molar-refractivity contribution in [3.05, 3.63) is 52.6 Å². The maximum Gasteiger partial charge on any atom is 0.343 e. The Hall–Kier alpha value is -2.74. The first-order chi connectivity index (χ1) is 12.1. The number of rotatable bonds is 6. The highest BCUT2D eigenvalue weighted by molar-refractivity contribution is 6.33. The van der Waals surface area contributed by atoms with Gasteiger partial charge in [-0.2, -0.15) is 5.10 Å². The van der Waals surface area contributed by atoms with Gasteiger partial charge in [0.2, 0.25) is 0 Å². The van der Waals surface area contributed by atoms with Crippen LogP contribution in [0, 0.1) is 6.92 Å². The average molecular weight is 361 g/mol. The number of benzene rings is 1. The van der Waals surface area contributed by atoms with Crippen molar-refractivity contribution in [1.82, 2.24) is 30.0 Å². The summed E-state index contributed by atoms with van der Waals surface area (Å²) in [6, 6.07) is 9.34. The fourth-order valence-electron chi connectivity index (χ4n) is 2.39. The number of halogens is 1. The summed E-state index contributed by atoms with van der Waals surface area (Å²) in [7, 11) is 0. The van der Waals surface area contributed by atoms with Gasteiger partial charge in [-0.25, -0.2) is 14.2 Å². The second-order valence-corrected chi connectivity index (χ2v) is 5.75. The molecule has 0 bridgehead atoms. The number of aryl methyl sites for hydroxylation is 2. The summed E-state index contributed by atoms with van der Waals surface area (Å²) in [5.41, 5.74) is 1.49. The molecule has 0 aliphatic carbocycles. The molecule has 0 saturated carbocycles. The molecule has 0 saturated heterocycles. The Morgan fingerprint density at radius 3 is 2.76 bits per heavy atom. The average Bonchev–Trinajstić information content (AvgIpc) is 3.18. The van der Waals surface area contributed by atoms with E-state index in [1.165, 1.54) is 4.68 Å². The normalized spacial score (nSPS) is 10.8. The first-order valence-corrected chi connectivity index (χ1v) is 8.22. The molecule has 0 aliphatic rings. The SMILES string of the molecule is CCCn1nnnc1COC(=O)c1c(C)nn(-c2ccccc2)c1Cl. The minimum absolute atomic E-state index is 0.0296. The van der Waals surface area contributed by atoms with E-state index >= 15 is 0 Å². The van der Waals surface area contributed by atoms with Crippen molar-refractivity contribution in [2.75, 3.05) is 0 Å². The minimum atomic E-state index is -0.560. The molecule has 2 heterocycles. The third-order valence-electron chi connectivity index (χ3n) is 3.58. The highest BCUT2D eigenvalue weighted by atomic mass is 35.5. The lowest BCUT2D eigenvalue weighted by Gasteiger charge is -2.05. The Kier molecular flexibility index (Phi) is 5.08. The maximum atomic E-state index is 12.5. The van der Waals surface area contributed by atoms with E-state index in [9.17, 15) is 4.79 Å². The molecule has 3 aromatic rings. The number of ether oxygens (including phenoxy) is 1. The Morgan fingerprint density at radius 2 is 2.04 bits per heavy atom. The van der Waals surface area contributed by atoms with Crippen LogP contribution in [0.2, 0.25) is 5.15 Å². The van der Waals surface area contributed by atoms with Crippen molar-refractivity contribution in [2.45, 2.75) is 33.4 Å². The molecule has 8 nitrogen and oxygen atoms in total. The van der Waals surface area contributed by atoms with Crippen molar-refractivity contribution in [3.63, 3.8) is 0 Å². The molecule has 1 aromatic carbocycles. The molecule has 0 atom stereocenters. The van der Waals surface area contributed by atoms with Crippen molar-refractivity contribution < 1.29 is 9.53 Å². The van der Waals surface area contributed by atoms with E-state index in [1.807, 2.05) is 37.3 Å². The largest absolute Gasteiger partial charge is 0.454 e. The summed E-state index contributed by atoms with van der Waals surface area (Å²) in [6.45, 7) is 4.35. The summed E-state index contributed by atoms with van der Waals surface area (Å²) >= 11 is 6.35. The van der Waals surface area contributed by atoms with Crippen LogP contribution in [-0.2, 0) is 17.9 Å². The van der Waals surface area contributed by atoms with Gasteiger partial charge in [0, 0.05) is 6.54 Å². The van der Waals surface area contributed by atoms with Crippen LogP contribution in [-0.4, -0.2) is 36.0 Å². The number of para-hydroxylation sites is 1. The second-order valence-electron chi connectivity index (χ2n) is 5.39. The molecule has 25 heavy (non-hydrogen) atoms. The molecule has 0 N–H and O–H groups in total. The number of esters is 1. The van der Waals surface area contributed by atoms with Crippen molar-refractivity contribution in [2.24, 2.45) is 0 Å². The van der Waals surface area contributed by atoms with Gasteiger partial charge in [-0.3, -0.25) is 0 Å². The summed E-state index contributed by atoms with van der Waals surface area (Å²) < 4.78 is 8.45. The van der Waals surface area contributed by atoms with Crippen LogP contribution in [0.15, 0.2) is 30.3 Å². The molecule has 0 unspecified atom stereocenters. The summed E-state index contributed by atoms with van der Waals surface area (Å²) in [5, 5.41) is 15.9. The fraction of sp³-hybridized carbons (Fsp3) is 0.312. The Bertz CT molecular complexity index is 874. The van der Waals surface area contributed by atoms with Crippen LogP contribution in [0.1, 0.15) is 35.2 Å². The van der Waals surface area contributed by atoms with Crippen LogP contribution in [0.4, 0.5) is 0 Å². The highest BCUT2D eigenvalue weighted by Gasteiger charge is 2.23. The predicted octanol–water partition coefficient (Wildman–Crippen LogP) is 2.59. The maximum absolute atomic E-state index is 12.5. The molecular weight excluding hydrogens is 344 g/mol. The molecule has 0 aliphatic heterocycles. The zero-order valence-electron chi connectivity index (χ0n) is 13.9. The van der Waals surface area contributed by atoms with Gasteiger partial charge in [0.25, 0.3) is 0 Å². The number of carbonyl (C=O) groups is 1. The molecular formula is C16H17ClN6O2. The van der Waals surface area contributed by atoms with Crippen LogP contribution < -0.4 is 0 Å². The van der Waals surface area contributed by atoms with Gasteiger partial charge < -0.3 is 4.74 Å². The van der Waals surface area contributed by atoms with Gasteiger partial charge in [0.1, 0.15) is 10.7 Å². The Labute approximate surface area is 149 Å². The molecule has 0 amide bonds. The molecule has 0 spiro atoms. The van der Waals surface area contributed by atoms with Gasteiger partial charge >= 0.3 is 5.97 Å². The van der Waals surface area contributed by atoms with Crippen molar-refractivity contribution in [1.29, 1.82) is 0 Å². The number of carbonyl (C=O) groups excluding carboxylic acids is 1. The van der Waals surface area contributed by atoms with Gasteiger partial charge in [-0.1, -0.05) is 36.7 Å². The third-order valence-corrected chi connectivity index (χ3v) is 3.93. The lowest BCUT2D eigenvalue weighted by atomic mass is 10.2. The van der Waals surface area contributed by atoms with Crippen LogP contribution in [0.3, 0.4) is 0 Å². The lowest BCUT2D eigenvalue weighted by Crippen LogP contribution is -2.11. The molecule has 0 radical (unpaired) electrons. The number of nitrogens with zero attached hydrogens (tertiary/aromatic N) is 6. The van der Waals surface area contributed by atoms with Crippen molar-refractivity contribution >= 4 is 17.6 Å².